The molecule has 7 heteroatoms. The molecule has 0 aliphatic heterocycles. The Balaban J connectivity index is 0.00000529. The third kappa shape index (κ3) is 7.03. The van der Waals surface area contributed by atoms with Crippen molar-refractivity contribution in [2.24, 2.45) is 0 Å². The minimum atomic E-state index is -1.56. The summed E-state index contributed by atoms with van der Waals surface area (Å²) in [7, 11) is 0. The number of carbonyl (C=O) groups is 3. The first-order valence-corrected chi connectivity index (χ1v) is 7.41. The van der Waals surface area contributed by atoms with Crippen LogP contribution in [0.25, 0.3) is 0 Å². The van der Waals surface area contributed by atoms with Crippen LogP contribution in [0.2, 0.25) is 0 Å². The van der Waals surface area contributed by atoms with Gasteiger partial charge in [-0.2, -0.15) is 0 Å². The molecular weight excluding hydrogens is 323 g/mol. The van der Waals surface area contributed by atoms with Gasteiger partial charge < -0.3 is 19.4 Å². The first-order chi connectivity index (χ1) is 10.7. The number of carbonyl (C=O) groups excluding carboxylic acids is 3. The maximum absolute atomic E-state index is 11.9. The molecule has 0 fully saturated rings. The summed E-state index contributed by atoms with van der Waals surface area (Å²) in [5.41, 5.74) is 1.76. The van der Waals surface area contributed by atoms with Gasteiger partial charge in [-0.25, -0.2) is 4.79 Å². The Kier molecular flexibility index (Phi) is 9.89. The second kappa shape index (κ2) is 10.5. The van der Waals surface area contributed by atoms with Crippen LogP contribution in [0.4, 0.5) is 0 Å². The zero-order valence-corrected chi connectivity index (χ0v) is 16.8. The van der Waals surface area contributed by atoms with E-state index in [1.807, 2.05) is 45.9 Å². The molecule has 1 aromatic rings. The predicted octanol–water partition coefficient (Wildman–Crippen LogP) is -1.47. The summed E-state index contributed by atoms with van der Waals surface area (Å²) in [4.78, 5) is 33.3. The van der Waals surface area contributed by atoms with E-state index < -0.39 is 30.9 Å². The molecule has 1 aromatic carbocycles. The third-order valence-corrected chi connectivity index (χ3v) is 3.18. The monoisotopic (exact) mass is 344 g/mol. The predicted molar refractivity (Wildman–Crippen MR) is 80.8 cm³/mol. The molecule has 0 spiro atoms. The zero-order valence-electron chi connectivity index (χ0n) is 14.8. The van der Waals surface area contributed by atoms with E-state index in [0.717, 1.165) is 11.1 Å². The Morgan fingerprint density at radius 1 is 1.00 bits per heavy atom. The van der Waals surface area contributed by atoms with E-state index in [-0.39, 0.29) is 41.4 Å². The molecule has 0 bridgehead atoms. The summed E-state index contributed by atoms with van der Waals surface area (Å²) in [6.45, 7) is 7.29. The Hall–Kier alpha value is -1.37. The van der Waals surface area contributed by atoms with Crippen LogP contribution in [0.5, 0.6) is 5.75 Å². The number of aliphatic carboxylic acids is 1. The molecule has 0 saturated carbocycles. The van der Waals surface area contributed by atoms with Gasteiger partial charge in [0.2, 0.25) is 0 Å². The molecule has 24 heavy (non-hydrogen) atoms. The van der Waals surface area contributed by atoms with Crippen LogP contribution in [0, 0.1) is 0 Å². The fraction of sp³-hybridized carbons (Fsp3) is 0.471. The largest absolute Gasteiger partial charge is 1.00 e. The number of esters is 2. The SMILES string of the molecule is CC(C)c1cccc(C(C)C)c1OC(=O)COC(=O)CC(=O)[O-].[Na+]. The number of rotatable bonds is 7. The van der Waals surface area contributed by atoms with E-state index in [4.69, 9.17) is 4.74 Å². The summed E-state index contributed by atoms with van der Waals surface area (Å²) in [6, 6.07) is 5.66. The number of carboxylic acids is 1. The molecular formula is C17H21NaO6. The molecule has 1 rings (SSSR count). The van der Waals surface area contributed by atoms with Crippen molar-refractivity contribution < 1.29 is 58.5 Å². The number of para-hydroxylation sites is 1. The van der Waals surface area contributed by atoms with Crippen LogP contribution in [0.3, 0.4) is 0 Å². The van der Waals surface area contributed by atoms with Crippen molar-refractivity contribution in [2.75, 3.05) is 6.61 Å². The van der Waals surface area contributed by atoms with Crippen LogP contribution < -0.4 is 39.4 Å². The fourth-order valence-corrected chi connectivity index (χ4v) is 2.05. The molecule has 0 atom stereocenters. The molecule has 0 unspecified atom stereocenters. The maximum atomic E-state index is 11.9. The van der Waals surface area contributed by atoms with Crippen LogP contribution in [0.15, 0.2) is 18.2 Å². The molecule has 0 N–H and O–H groups in total. The number of carboxylic acid groups (broad SMARTS) is 1. The summed E-state index contributed by atoms with van der Waals surface area (Å²) in [6.07, 6.45) is -0.896. The average molecular weight is 344 g/mol. The quantitative estimate of drug-likeness (QED) is 0.259. The molecule has 0 radical (unpaired) electrons. The van der Waals surface area contributed by atoms with Gasteiger partial charge >= 0.3 is 41.5 Å². The summed E-state index contributed by atoms with van der Waals surface area (Å²) in [5, 5.41) is 10.3. The molecule has 0 heterocycles. The summed E-state index contributed by atoms with van der Waals surface area (Å²) >= 11 is 0. The van der Waals surface area contributed by atoms with Crippen LogP contribution in [-0.4, -0.2) is 24.5 Å². The topological polar surface area (TPSA) is 92.7 Å². The van der Waals surface area contributed by atoms with E-state index in [1.54, 1.807) is 0 Å². The number of hydrogen-bond donors (Lipinski definition) is 0. The van der Waals surface area contributed by atoms with E-state index >= 15 is 0 Å². The van der Waals surface area contributed by atoms with Crippen LogP contribution in [0.1, 0.15) is 57.1 Å². The Labute approximate surface area is 163 Å². The van der Waals surface area contributed by atoms with Crippen molar-refractivity contribution in [3.63, 3.8) is 0 Å². The van der Waals surface area contributed by atoms with Crippen molar-refractivity contribution in [3.8, 4) is 5.75 Å². The van der Waals surface area contributed by atoms with Gasteiger partial charge in [-0.15, -0.1) is 0 Å². The fourth-order valence-electron chi connectivity index (χ4n) is 2.05. The number of benzene rings is 1. The Morgan fingerprint density at radius 3 is 1.92 bits per heavy atom. The Bertz CT molecular complexity index is 568. The molecule has 0 saturated heterocycles. The van der Waals surface area contributed by atoms with Crippen molar-refractivity contribution in [3.05, 3.63) is 29.3 Å². The van der Waals surface area contributed by atoms with Gasteiger partial charge in [0.1, 0.15) is 5.75 Å². The van der Waals surface area contributed by atoms with E-state index in [9.17, 15) is 19.5 Å². The van der Waals surface area contributed by atoms with Crippen LogP contribution >= 0.6 is 0 Å². The standard InChI is InChI=1S/C17H22O6.Na/c1-10(2)12-6-5-7-13(11(3)4)17(12)23-16(21)9-22-15(20)8-14(18)19;/h5-7,10-11H,8-9H2,1-4H3,(H,18,19);/q;+1/p-1. The van der Waals surface area contributed by atoms with Gasteiger partial charge in [-0.05, 0) is 23.0 Å². The molecule has 0 amide bonds. The summed E-state index contributed by atoms with van der Waals surface area (Å²) in [5.74, 6) is -2.58. The second-order valence-corrected chi connectivity index (χ2v) is 5.76. The van der Waals surface area contributed by atoms with E-state index in [0.29, 0.717) is 5.75 Å². The van der Waals surface area contributed by atoms with Crippen molar-refractivity contribution in [2.45, 2.75) is 46.0 Å². The smallest absolute Gasteiger partial charge is 0.550 e. The van der Waals surface area contributed by atoms with Crippen molar-refractivity contribution >= 4 is 17.9 Å². The van der Waals surface area contributed by atoms with E-state index in [2.05, 4.69) is 4.74 Å². The molecule has 126 valence electrons. The maximum Gasteiger partial charge on any atom is 1.00 e. The second-order valence-electron chi connectivity index (χ2n) is 5.76. The molecule has 0 aliphatic rings. The van der Waals surface area contributed by atoms with Gasteiger partial charge in [0.05, 0.1) is 12.4 Å². The number of ether oxygens (including phenoxy) is 2. The van der Waals surface area contributed by atoms with Crippen molar-refractivity contribution in [1.82, 2.24) is 0 Å². The van der Waals surface area contributed by atoms with Crippen LogP contribution in [-0.2, 0) is 19.1 Å². The molecule has 0 aliphatic carbocycles. The van der Waals surface area contributed by atoms with E-state index in [1.165, 1.54) is 0 Å². The van der Waals surface area contributed by atoms with Gasteiger partial charge in [-0.1, -0.05) is 45.9 Å². The third-order valence-electron chi connectivity index (χ3n) is 3.18. The normalized spacial score (nSPS) is 10.2. The van der Waals surface area contributed by atoms with Gasteiger partial charge in [0.15, 0.2) is 6.61 Å². The van der Waals surface area contributed by atoms with Gasteiger partial charge in [-0.3, -0.25) is 4.79 Å². The first kappa shape index (κ1) is 22.6. The van der Waals surface area contributed by atoms with Gasteiger partial charge in [0, 0.05) is 0 Å². The average Bonchev–Trinajstić information content (AvgIpc) is 2.44. The molecule has 0 aromatic heterocycles. The number of hydrogen-bond acceptors (Lipinski definition) is 6. The summed E-state index contributed by atoms with van der Waals surface area (Å²) < 4.78 is 9.93. The van der Waals surface area contributed by atoms with Crippen molar-refractivity contribution in [1.29, 1.82) is 0 Å². The Morgan fingerprint density at radius 2 is 1.50 bits per heavy atom. The van der Waals surface area contributed by atoms with Gasteiger partial charge in [0.25, 0.3) is 0 Å². The molecule has 6 nitrogen and oxygen atoms in total. The zero-order chi connectivity index (χ0) is 17.6. The minimum Gasteiger partial charge on any atom is -0.550 e. The minimum absolute atomic E-state index is 0. The first-order valence-electron chi connectivity index (χ1n) is 7.41.